The number of aromatic nitrogens is 3. The van der Waals surface area contributed by atoms with E-state index in [-0.39, 0.29) is 35.6 Å². The molecule has 0 radical (unpaired) electrons. The van der Waals surface area contributed by atoms with Crippen LogP contribution in [0.4, 0.5) is 0 Å². The fourth-order valence-corrected chi connectivity index (χ4v) is 5.96. The van der Waals surface area contributed by atoms with Crippen molar-refractivity contribution in [1.29, 1.82) is 0 Å². The van der Waals surface area contributed by atoms with Crippen molar-refractivity contribution < 1.29 is 17.7 Å². The second-order valence-electron chi connectivity index (χ2n) is 8.70. The number of rotatable bonds is 5. The van der Waals surface area contributed by atoms with Gasteiger partial charge in [-0.1, -0.05) is 36.7 Å². The average Bonchev–Trinajstić information content (AvgIpc) is 3.37. The molecule has 1 aliphatic rings. The van der Waals surface area contributed by atoms with E-state index in [1.54, 1.807) is 24.9 Å². The van der Waals surface area contributed by atoms with Crippen LogP contribution in [0.2, 0.25) is 0 Å². The Kier molecular flexibility index (Phi) is 6.15. The highest BCUT2D eigenvalue weighted by molar-refractivity contribution is 7.89. The fourth-order valence-electron chi connectivity index (χ4n) is 4.24. The number of benzene rings is 1. The summed E-state index contributed by atoms with van der Waals surface area (Å²) in [6.07, 6.45) is 1.62. The Hall–Kier alpha value is -2.98. The summed E-state index contributed by atoms with van der Waals surface area (Å²) in [5.74, 6) is 0.219. The first kappa shape index (κ1) is 23.2. The molecule has 3 aromatic rings. The minimum absolute atomic E-state index is 0.0777. The van der Waals surface area contributed by atoms with E-state index in [0.29, 0.717) is 24.3 Å². The summed E-state index contributed by atoms with van der Waals surface area (Å²) >= 11 is 0. The molecule has 0 aliphatic carbocycles. The number of piperazine rings is 1. The average molecular weight is 472 g/mol. The minimum atomic E-state index is -3.73. The Morgan fingerprint density at radius 2 is 1.67 bits per heavy atom. The van der Waals surface area contributed by atoms with Gasteiger partial charge in [0.25, 0.3) is 5.91 Å². The number of nitrogens with zero attached hydrogens (tertiary/aromatic N) is 5. The lowest BCUT2D eigenvalue weighted by Crippen LogP contribution is -2.50. The molecule has 1 saturated heterocycles. The molecule has 0 unspecified atom stereocenters. The summed E-state index contributed by atoms with van der Waals surface area (Å²) in [5.41, 5.74) is 3.79. The van der Waals surface area contributed by atoms with Gasteiger partial charge in [-0.2, -0.15) is 9.40 Å². The maximum atomic E-state index is 13.4. The van der Waals surface area contributed by atoms with Gasteiger partial charge in [-0.15, -0.1) is 0 Å². The quantitative estimate of drug-likeness (QED) is 0.567. The standard InChI is InChI=1S/C23H29N5O4S/c1-15(2)21-20(14-24-28(21)19-8-6-16(3)7-9-19)23(29)26-10-12-27(13-11-26)33(30,31)22-17(4)25-32-18(22)5/h6-9,14-15H,10-13H2,1-5H3. The van der Waals surface area contributed by atoms with E-state index in [9.17, 15) is 13.2 Å². The monoisotopic (exact) mass is 471 g/mol. The van der Waals surface area contributed by atoms with E-state index in [0.717, 1.165) is 16.9 Å². The number of aryl methyl sites for hydroxylation is 3. The van der Waals surface area contributed by atoms with E-state index < -0.39 is 10.0 Å². The zero-order valence-corrected chi connectivity index (χ0v) is 20.4. The van der Waals surface area contributed by atoms with Gasteiger partial charge in [-0.25, -0.2) is 13.1 Å². The van der Waals surface area contributed by atoms with E-state index in [4.69, 9.17) is 4.52 Å². The third-order valence-corrected chi connectivity index (χ3v) is 8.10. The molecule has 0 atom stereocenters. The van der Waals surface area contributed by atoms with Crippen LogP contribution >= 0.6 is 0 Å². The molecule has 1 aromatic carbocycles. The molecule has 1 aliphatic heterocycles. The van der Waals surface area contributed by atoms with Crippen molar-refractivity contribution in [3.05, 3.63) is 58.7 Å². The molecule has 176 valence electrons. The summed E-state index contributed by atoms with van der Waals surface area (Å²) in [5, 5.41) is 8.27. The van der Waals surface area contributed by atoms with Crippen LogP contribution in [0.5, 0.6) is 0 Å². The Bertz CT molecular complexity index is 1250. The van der Waals surface area contributed by atoms with Gasteiger partial charge in [0.05, 0.1) is 23.1 Å². The molecule has 33 heavy (non-hydrogen) atoms. The molecule has 0 saturated carbocycles. The first-order chi connectivity index (χ1) is 15.6. The van der Waals surface area contributed by atoms with Crippen LogP contribution in [0.15, 0.2) is 39.9 Å². The topological polar surface area (TPSA) is 102 Å². The molecular formula is C23H29N5O4S. The summed E-state index contributed by atoms with van der Waals surface area (Å²) in [6.45, 7) is 10.3. The third-order valence-electron chi connectivity index (χ3n) is 5.95. The second-order valence-corrected chi connectivity index (χ2v) is 10.6. The van der Waals surface area contributed by atoms with Gasteiger partial charge >= 0.3 is 0 Å². The number of carbonyl (C=O) groups excluding carboxylic acids is 1. The zero-order valence-electron chi connectivity index (χ0n) is 19.6. The maximum absolute atomic E-state index is 13.4. The van der Waals surface area contributed by atoms with Crippen LogP contribution in [0.3, 0.4) is 0 Å². The lowest BCUT2D eigenvalue weighted by atomic mass is 10.0. The number of carbonyl (C=O) groups is 1. The highest BCUT2D eigenvalue weighted by Crippen LogP contribution is 2.27. The molecule has 1 amide bonds. The number of amides is 1. The van der Waals surface area contributed by atoms with Crippen molar-refractivity contribution in [2.75, 3.05) is 26.2 Å². The Morgan fingerprint density at radius 3 is 2.21 bits per heavy atom. The first-order valence-corrected chi connectivity index (χ1v) is 12.4. The molecule has 1 fully saturated rings. The Balaban J connectivity index is 1.54. The van der Waals surface area contributed by atoms with Gasteiger partial charge in [0.15, 0.2) is 5.76 Å². The Morgan fingerprint density at radius 1 is 1.03 bits per heavy atom. The molecule has 0 N–H and O–H groups in total. The summed E-state index contributed by atoms with van der Waals surface area (Å²) in [6, 6.07) is 8.00. The molecule has 0 bridgehead atoms. The van der Waals surface area contributed by atoms with Gasteiger partial charge in [0.2, 0.25) is 10.0 Å². The van der Waals surface area contributed by atoms with Crippen molar-refractivity contribution in [2.24, 2.45) is 0 Å². The highest BCUT2D eigenvalue weighted by Gasteiger charge is 2.35. The lowest BCUT2D eigenvalue weighted by Gasteiger charge is -2.34. The predicted molar refractivity (Wildman–Crippen MR) is 123 cm³/mol. The van der Waals surface area contributed by atoms with Crippen molar-refractivity contribution in [2.45, 2.75) is 45.4 Å². The largest absolute Gasteiger partial charge is 0.360 e. The SMILES string of the molecule is Cc1ccc(-n2ncc(C(=O)N3CCN(S(=O)(=O)c4c(C)noc4C)CC3)c2C(C)C)cc1. The fraction of sp³-hybridized carbons (Fsp3) is 0.435. The van der Waals surface area contributed by atoms with Gasteiger partial charge in [0, 0.05) is 26.2 Å². The number of hydrogen-bond acceptors (Lipinski definition) is 6. The van der Waals surface area contributed by atoms with Crippen LogP contribution in [0.1, 0.15) is 52.8 Å². The second kappa shape index (κ2) is 8.75. The van der Waals surface area contributed by atoms with Crippen LogP contribution in [-0.4, -0.2) is 64.6 Å². The molecule has 2 aromatic heterocycles. The van der Waals surface area contributed by atoms with Gasteiger partial charge < -0.3 is 9.42 Å². The summed E-state index contributed by atoms with van der Waals surface area (Å²) < 4.78 is 34.4. The molecule has 3 heterocycles. The number of hydrogen-bond donors (Lipinski definition) is 0. The van der Waals surface area contributed by atoms with Crippen molar-refractivity contribution in [3.63, 3.8) is 0 Å². The van der Waals surface area contributed by atoms with Crippen LogP contribution in [0.25, 0.3) is 5.69 Å². The summed E-state index contributed by atoms with van der Waals surface area (Å²) in [4.78, 5) is 15.2. The number of sulfonamides is 1. The molecule has 4 rings (SSSR count). The van der Waals surface area contributed by atoms with Gasteiger partial charge in [0.1, 0.15) is 10.6 Å². The molecule has 10 heteroatoms. The van der Waals surface area contributed by atoms with Crippen molar-refractivity contribution >= 4 is 15.9 Å². The van der Waals surface area contributed by atoms with Gasteiger partial charge in [-0.05, 0) is 38.8 Å². The highest BCUT2D eigenvalue weighted by atomic mass is 32.2. The molecule has 0 spiro atoms. The molecule has 9 nitrogen and oxygen atoms in total. The van der Waals surface area contributed by atoms with Crippen LogP contribution < -0.4 is 0 Å². The Labute approximate surface area is 194 Å². The van der Waals surface area contributed by atoms with E-state index in [1.165, 1.54) is 4.31 Å². The van der Waals surface area contributed by atoms with E-state index >= 15 is 0 Å². The third kappa shape index (κ3) is 4.20. The van der Waals surface area contributed by atoms with Crippen molar-refractivity contribution in [3.8, 4) is 5.69 Å². The van der Waals surface area contributed by atoms with Crippen LogP contribution in [0, 0.1) is 20.8 Å². The first-order valence-electron chi connectivity index (χ1n) is 11.0. The molecular weight excluding hydrogens is 442 g/mol. The smallest absolute Gasteiger partial charge is 0.257 e. The lowest BCUT2D eigenvalue weighted by molar-refractivity contribution is 0.0696. The predicted octanol–water partition coefficient (Wildman–Crippen LogP) is 3.06. The maximum Gasteiger partial charge on any atom is 0.257 e. The van der Waals surface area contributed by atoms with Gasteiger partial charge in [-0.3, -0.25) is 4.79 Å². The van der Waals surface area contributed by atoms with E-state index in [2.05, 4.69) is 10.3 Å². The zero-order chi connectivity index (χ0) is 23.9. The van der Waals surface area contributed by atoms with E-state index in [1.807, 2.05) is 49.7 Å². The van der Waals surface area contributed by atoms with Crippen molar-refractivity contribution in [1.82, 2.24) is 24.1 Å². The van der Waals surface area contributed by atoms with Crippen LogP contribution in [-0.2, 0) is 10.0 Å². The normalized spacial score (nSPS) is 15.4. The summed E-state index contributed by atoms with van der Waals surface area (Å²) in [7, 11) is -3.73. The minimum Gasteiger partial charge on any atom is -0.360 e.